The Bertz CT molecular complexity index is 372. The predicted octanol–water partition coefficient (Wildman–Crippen LogP) is 2.34. The number of halogens is 1. The van der Waals surface area contributed by atoms with Crippen LogP contribution < -0.4 is 5.32 Å². The van der Waals surface area contributed by atoms with Crippen LogP contribution in [0, 0.1) is 0 Å². The molecule has 16 heavy (non-hydrogen) atoms. The van der Waals surface area contributed by atoms with Gasteiger partial charge in [0.05, 0.1) is 6.54 Å². The van der Waals surface area contributed by atoms with Crippen molar-refractivity contribution < 1.29 is 4.79 Å². The van der Waals surface area contributed by atoms with Crippen molar-refractivity contribution in [1.29, 1.82) is 0 Å². The Morgan fingerprint density at radius 3 is 2.69 bits per heavy atom. The summed E-state index contributed by atoms with van der Waals surface area (Å²) in [5, 5.41) is 3.17. The van der Waals surface area contributed by atoms with E-state index in [9.17, 15) is 4.79 Å². The molecule has 1 rings (SSSR count). The van der Waals surface area contributed by atoms with Crippen LogP contribution in [0.25, 0.3) is 0 Å². The lowest BCUT2D eigenvalue weighted by molar-refractivity contribution is -0.117. The molecule has 0 aromatic carbocycles. The average molecular weight is 285 g/mol. The number of hydrogen-bond acceptors (Lipinski definition) is 3. The highest BCUT2D eigenvalue weighted by atomic mass is 79.9. The van der Waals surface area contributed by atoms with Gasteiger partial charge in [-0.15, -0.1) is 0 Å². The molecule has 88 valence electrons. The Hall–Kier alpha value is -0.740. The molecular formula is C12H17BrN2O. The van der Waals surface area contributed by atoms with Crippen molar-refractivity contribution in [3.05, 3.63) is 28.5 Å². The summed E-state index contributed by atoms with van der Waals surface area (Å²) >= 11 is 3.33. The second kappa shape index (κ2) is 5.55. The molecule has 3 nitrogen and oxygen atoms in total. The van der Waals surface area contributed by atoms with Gasteiger partial charge in [-0.1, -0.05) is 0 Å². The summed E-state index contributed by atoms with van der Waals surface area (Å²) in [4.78, 5) is 15.7. The van der Waals surface area contributed by atoms with E-state index in [4.69, 9.17) is 0 Å². The summed E-state index contributed by atoms with van der Waals surface area (Å²) in [5.74, 6) is 0.176. The van der Waals surface area contributed by atoms with Crippen LogP contribution in [0.3, 0.4) is 0 Å². The molecular weight excluding hydrogens is 268 g/mol. The summed E-state index contributed by atoms with van der Waals surface area (Å²) in [6.45, 7) is 6.53. The summed E-state index contributed by atoms with van der Waals surface area (Å²) in [6.07, 6.45) is 3.86. The molecule has 4 heteroatoms. The van der Waals surface area contributed by atoms with Crippen molar-refractivity contribution >= 4 is 21.7 Å². The molecule has 1 aromatic rings. The fourth-order valence-electron chi connectivity index (χ4n) is 1.21. The highest BCUT2D eigenvalue weighted by Crippen LogP contribution is 2.10. The van der Waals surface area contributed by atoms with Crippen molar-refractivity contribution in [2.24, 2.45) is 0 Å². The van der Waals surface area contributed by atoms with Gasteiger partial charge in [-0.2, -0.15) is 0 Å². The average Bonchev–Trinajstić information content (AvgIpc) is 2.14. The number of Topliss-reactive ketones (excluding diaryl/α,β-unsaturated/α-hetero) is 1. The van der Waals surface area contributed by atoms with Gasteiger partial charge in [0, 0.05) is 28.8 Å². The standard InChI is InChI=1S/C12H17BrN2O/c1-12(2,3)15-8-11(16)5-9-4-10(13)7-14-6-9/h4,6-7,15H,5,8H2,1-3H3. The van der Waals surface area contributed by atoms with Gasteiger partial charge >= 0.3 is 0 Å². The van der Waals surface area contributed by atoms with Gasteiger partial charge in [-0.25, -0.2) is 0 Å². The molecule has 0 aliphatic heterocycles. The van der Waals surface area contributed by atoms with Crippen LogP contribution in [0.15, 0.2) is 22.9 Å². The molecule has 0 saturated heterocycles. The molecule has 0 radical (unpaired) electrons. The van der Waals surface area contributed by atoms with Gasteiger partial charge in [0.1, 0.15) is 0 Å². The minimum absolute atomic E-state index is 0.0226. The normalized spacial score (nSPS) is 11.5. The van der Waals surface area contributed by atoms with E-state index in [0.717, 1.165) is 10.0 Å². The van der Waals surface area contributed by atoms with Crippen LogP contribution >= 0.6 is 15.9 Å². The van der Waals surface area contributed by atoms with Crippen LogP contribution in [0.2, 0.25) is 0 Å². The third-order valence-corrected chi connectivity index (χ3v) is 2.41. The summed E-state index contributed by atoms with van der Waals surface area (Å²) < 4.78 is 0.904. The highest BCUT2D eigenvalue weighted by molar-refractivity contribution is 9.10. The Morgan fingerprint density at radius 1 is 1.44 bits per heavy atom. The zero-order valence-corrected chi connectivity index (χ0v) is 11.5. The number of nitrogens with zero attached hydrogens (tertiary/aromatic N) is 1. The lowest BCUT2D eigenvalue weighted by Gasteiger charge is -2.19. The third kappa shape index (κ3) is 5.37. The molecule has 0 aliphatic rings. The Balaban J connectivity index is 2.46. The van der Waals surface area contributed by atoms with Gasteiger partial charge in [-0.05, 0) is 48.3 Å². The lowest BCUT2D eigenvalue weighted by atomic mass is 10.1. The number of aromatic nitrogens is 1. The van der Waals surface area contributed by atoms with Crippen LogP contribution in [-0.4, -0.2) is 22.9 Å². The molecule has 0 fully saturated rings. The SMILES string of the molecule is CC(C)(C)NCC(=O)Cc1cncc(Br)c1. The smallest absolute Gasteiger partial charge is 0.151 e. The number of rotatable bonds is 4. The fourth-order valence-corrected chi connectivity index (χ4v) is 1.62. The van der Waals surface area contributed by atoms with E-state index >= 15 is 0 Å². The maximum absolute atomic E-state index is 11.7. The number of carbonyl (C=O) groups excluding carboxylic acids is 1. The van der Waals surface area contributed by atoms with E-state index in [0.29, 0.717) is 13.0 Å². The number of pyridine rings is 1. The number of ketones is 1. The summed E-state index contributed by atoms with van der Waals surface area (Å²) in [5.41, 5.74) is 0.917. The van der Waals surface area contributed by atoms with E-state index in [-0.39, 0.29) is 11.3 Å². The molecule has 1 heterocycles. The molecule has 0 saturated carbocycles. The van der Waals surface area contributed by atoms with E-state index in [1.165, 1.54) is 0 Å². The second-order valence-electron chi connectivity index (χ2n) is 4.83. The van der Waals surface area contributed by atoms with Gasteiger partial charge in [0.2, 0.25) is 0 Å². The Kier molecular flexibility index (Phi) is 4.62. The van der Waals surface area contributed by atoms with Crippen molar-refractivity contribution in [2.75, 3.05) is 6.54 Å². The third-order valence-electron chi connectivity index (χ3n) is 1.98. The summed E-state index contributed by atoms with van der Waals surface area (Å²) in [7, 11) is 0. The molecule has 1 N–H and O–H groups in total. The lowest BCUT2D eigenvalue weighted by Crippen LogP contribution is -2.39. The van der Waals surface area contributed by atoms with Crippen LogP contribution in [0.4, 0.5) is 0 Å². The number of nitrogens with one attached hydrogen (secondary N) is 1. The van der Waals surface area contributed by atoms with Crippen molar-refractivity contribution in [3.8, 4) is 0 Å². The van der Waals surface area contributed by atoms with Gasteiger partial charge in [0.15, 0.2) is 5.78 Å². The van der Waals surface area contributed by atoms with Crippen LogP contribution in [0.5, 0.6) is 0 Å². The van der Waals surface area contributed by atoms with Crippen molar-refractivity contribution in [3.63, 3.8) is 0 Å². The molecule has 0 spiro atoms. The first-order chi connectivity index (χ1) is 7.37. The van der Waals surface area contributed by atoms with Crippen molar-refractivity contribution in [1.82, 2.24) is 10.3 Å². The minimum atomic E-state index is -0.0226. The molecule has 0 amide bonds. The summed E-state index contributed by atoms with van der Waals surface area (Å²) in [6, 6.07) is 1.92. The Morgan fingerprint density at radius 2 is 2.12 bits per heavy atom. The van der Waals surface area contributed by atoms with Crippen LogP contribution in [-0.2, 0) is 11.2 Å². The second-order valence-corrected chi connectivity index (χ2v) is 5.75. The first-order valence-corrected chi connectivity index (χ1v) is 6.02. The highest BCUT2D eigenvalue weighted by Gasteiger charge is 2.11. The molecule has 0 aliphatic carbocycles. The fraction of sp³-hybridized carbons (Fsp3) is 0.500. The van der Waals surface area contributed by atoms with Crippen LogP contribution in [0.1, 0.15) is 26.3 Å². The zero-order chi connectivity index (χ0) is 12.2. The first-order valence-electron chi connectivity index (χ1n) is 5.23. The molecule has 0 bridgehead atoms. The van der Waals surface area contributed by atoms with Gasteiger partial charge in [-0.3, -0.25) is 9.78 Å². The molecule has 0 atom stereocenters. The maximum atomic E-state index is 11.7. The predicted molar refractivity (Wildman–Crippen MR) is 68.4 cm³/mol. The van der Waals surface area contributed by atoms with E-state index in [2.05, 4.69) is 26.2 Å². The topological polar surface area (TPSA) is 42.0 Å². The zero-order valence-electron chi connectivity index (χ0n) is 9.88. The largest absolute Gasteiger partial charge is 0.305 e. The van der Waals surface area contributed by atoms with E-state index < -0.39 is 0 Å². The number of hydrogen-bond donors (Lipinski definition) is 1. The molecule has 0 unspecified atom stereocenters. The first kappa shape index (κ1) is 13.3. The van der Waals surface area contributed by atoms with Crippen molar-refractivity contribution in [2.45, 2.75) is 32.7 Å². The van der Waals surface area contributed by atoms with E-state index in [1.54, 1.807) is 12.4 Å². The Labute approximate surface area is 105 Å². The quantitative estimate of drug-likeness (QED) is 0.923. The van der Waals surface area contributed by atoms with Gasteiger partial charge < -0.3 is 5.32 Å². The monoisotopic (exact) mass is 284 g/mol. The number of carbonyl (C=O) groups is 1. The van der Waals surface area contributed by atoms with Gasteiger partial charge in [0.25, 0.3) is 0 Å². The maximum Gasteiger partial charge on any atom is 0.151 e. The van der Waals surface area contributed by atoms with E-state index in [1.807, 2.05) is 26.8 Å². The minimum Gasteiger partial charge on any atom is -0.305 e. The molecule has 1 aromatic heterocycles.